The van der Waals surface area contributed by atoms with Crippen LogP contribution in [-0.4, -0.2) is 24.4 Å². The summed E-state index contributed by atoms with van der Waals surface area (Å²) in [4.78, 5) is 22.4. The number of carbonyl (C=O) groups is 1. The van der Waals surface area contributed by atoms with Crippen molar-refractivity contribution in [1.29, 1.82) is 0 Å². The maximum atomic E-state index is 11.9. The van der Waals surface area contributed by atoms with Crippen LogP contribution in [-0.2, 0) is 4.79 Å². The van der Waals surface area contributed by atoms with Gasteiger partial charge in [0, 0.05) is 24.1 Å². The predicted octanol–water partition coefficient (Wildman–Crippen LogP) is 2.36. The van der Waals surface area contributed by atoms with Gasteiger partial charge in [0.1, 0.15) is 0 Å². The van der Waals surface area contributed by atoms with Crippen LogP contribution in [0.3, 0.4) is 0 Å². The van der Waals surface area contributed by atoms with Gasteiger partial charge >= 0.3 is 0 Å². The molecule has 1 rings (SSSR count). The fourth-order valence-electron chi connectivity index (χ4n) is 1.93. The van der Waals surface area contributed by atoms with Crippen molar-refractivity contribution in [3.63, 3.8) is 0 Å². The molecule has 0 aliphatic rings. The Bertz CT molecular complexity index is 508. The molecule has 0 heterocycles. The fraction of sp³-hybridized carbons (Fsp3) is 0.500. The molecule has 7 heteroatoms. The molecule has 1 amide bonds. The molecule has 0 bridgehead atoms. The summed E-state index contributed by atoms with van der Waals surface area (Å²) in [7, 11) is 1.79. The zero-order valence-electron chi connectivity index (χ0n) is 12.7. The highest BCUT2D eigenvalue weighted by Gasteiger charge is 2.18. The first kappa shape index (κ1) is 19.3. The van der Waals surface area contributed by atoms with Gasteiger partial charge in [-0.1, -0.05) is 19.1 Å². The van der Waals surface area contributed by atoms with Crippen LogP contribution in [0.15, 0.2) is 18.2 Å². The Morgan fingerprint density at radius 2 is 2.00 bits per heavy atom. The van der Waals surface area contributed by atoms with Crippen molar-refractivity contribution in [2.45, 2.75) is 26.8 Å². The first-order valence-corrected chi connectivity index (χ1v) is 6.56. The predicted molar refractivity (Wildman–Crippen MR) is 84.7 cm³/mol. The minimum atomic E-state index is -0.406. The van der Waals surface area contributed by atoms with Gasteiger partial charge in [0.25, 0.3) is 5.69 Å². The third kappa shape index (κ3) is 5.32. The highest BCUT2D eigenvalue weighted by Crippen LogP contribution is 2.23. The summed E-state index contributed by atoms with van der Waals surface area (Å²) < 4.78 is 0. The van der Waals surface area contributed by atoms with Gasteiger partial charge < -0.3 is 10.6 Å². The quantitative estimate of drug-likeness (QED) is 0.623. The van der Waals surface area contributed by atoms with Crippen LogP contribution in [0.25, 0.3) is 0 Å². The van der Waals surface area contributed by atoms with Crippen LogP contribution in [0, 0.1) is 23.0 Å². The first-order valence-electron chi connectivity index (χ1n) is 6.56. The Morgan fingerprint density at radius 1 is 1.38 bits per heavy atom. The zero-order valence-corrected chi connectivity index (χ0v) is 13.5. The molecule has 2 atom stereocenters. The van der Waals surface area contributed by atoms with Gasteiger partial charge in [-0.2, -0.15) is 0 Å². The second-order valence-corrected chi connectivity index (χ2v) is 4.99. The number of benzene rings is 1. The highest BCUT2D eigenvalue weighted by atomic mass is 35.5. The molecule has 0 spiro atoms. The summed E-state index contributed by atoms with van der Waals surface area (Å²) in [5.74, 6) is -0.224. The number of halogens is 1. The largest absolute Gasteiger partial charge is 0.349 e. The minimum absolute atomic E-state index is 0. The van der Waals surface area contributed by atoms with E-state index in [4.69, 9.17) is 0 Å². The van der Waals surface area contributed by atoms with E-state index in [1.807, 2.05) is 13.8 Å². The Morgan fingerprint density at radius 3 is 2.52 bits per heavy atom. The lowest BCUT2D eigenvalue weighted by atomic mass is 10.0. The monoisotopic (exact) mass is 315 g/mol. The number of carbonyl (C=O) groups excluding carboxylic acids is 1. The normalized spacial score (nSPS) is 13.0. The summed E-state index contributed by atoms with van der Waals surface area (Å²) in [6.45, 7) is 5.93. The van der Waals surface area contributed by atoms with E-state index in [2.05, 4.69) is 10.6 Å². The average molecular weight is 316 g/mol. The molecule has 2 unspecified atom stereocenters. The van der Waals surface area contributed by atoms with E-state index in [9.17, 15) is 14.9 Å². The Balaban J connectivity index is 0.00000400. The number of nitro benzene ring substituents is 1. The molecule has 0 aliphatic heterocycles. The van der Waals surface area contributed by atoms with Crippen LogP contribution in [0.2, 0.25) is 0 Å². The van der Waals surface area contributed by atoms with E-state index < -0.39 is 4.92 Å². The van der Waals surface area contributed by atoms with E-state index in [1.54, 1.807) is 26.1 Å². The molecular weight excluding hydrogens is 294 g/mol. The molecule has 0 radical (unpaired) electrons. The highest BCUT2D eigenvalue weighted by molar-refractivity contribution is 5.85. The van der Waals surface area contributed by atoms with Crippen molar-refractivity contribution in [1.82, 2.24) is 10.6 Å². The number of nitro groups is 1. The average Bonchev–Trinajstić information content (AvgIpc) is 2.38. The van der Waals surface area contributed by atoms with Gasteiger partial charge in [0.2, 0.25) is 5.91 Å². The number of hydrogen-bond donors (Lipinski definition) is 2. The Kier molecular flexibility index (Phi) is 7.91. The van der Waals surface area contributed by atoms with E-state index in [0.29, 0.717) is 12.1 Å². The number of nitrogens with zero attached hydrogens (tertiary/aromatic N) is 1. The number of nitrogens with one attached hydrogen (secondary N) is 2. The SMILES string of the molecule is CNCC(C)C(=O)NC(C)c1ccc(C)c([N+](=O)[O-])c1.Cl. The van der Waals surface area contributed by atoms with E-state index in [1.165, 1.54) is 6.07 Å². The van der Waals surface area contributed by atoms with Crippen LogP contribution in [0.4, 0.5) is 5.69 Å². The van der Waals surface area contributed by atoms with Crippen LogP contribution < -0.4 is 10.6 Å². The molecule has 0 saturated carbocycles. The molecule has 0 saturated heterocycles. The van der Waals surface area contributed by atoms with Crippen molar-refractivity contribution in [3.8, 4) is 0 Å². The van der Waals surface area contributed by atoms with Gasteiger partial charge in [0.05, 0.1) is 11.0 Å². The van der Waals surface area contributed by atoms with E-state index in [-0.39, 0.29) is 36.0 Å². The smallest absolute Gasteiger partial charge is 0.272 e. The summed E-state index contributed by atoms with van der Waals surface area (Å²) >= 11 is 0. The molecule has 1 aromatic rings. The maximum absolute atomic E-state index is 11.9. The third-order valence-electron chi connectivity index (χ3n) is 3.25. The lowest BCUT2D eigenvalue weighted by Gasteiger charge is -2.18. The van der Waals surface area contributed by atoms with E-state index in [0.717, 1.165) is 5.56 Å². The summed E-state index contributed by atoms with van der Waals surface area (Å²) in [6.07, 6.45) is 0. The van der Waals surface area contributed by atoms with Gasteiger partial charge in [-0.3, -0.25) is 14.9 Å². The molecule has 6 nitrogen and oxygen atoms in total. The zero-order chi connectivity index (χ0) is 15.3. The van der Waals surface area contributed by atoms with Crippen LogP contribution >= 0.6 is 12.4 Å². The third-order valence-corrected chi connectivity index (χ3v) is 3.25. The molecule has 21 heavy (non-hydrogen) atoms. The van der Waals surface area contributed by atoms with Crippen molar-refractivity contribution in [2.24, 2.45) is 5.92 Å². The molecule has 0 aliphatic carbocycles. The standard InChI is InChI=1S/C14H21N3O3.ClH/c1-9-5-6-12(7-13(9)17(19)20)11(3)16-14(18)10(2)8-15-4;/h5-7,10-11,15H,8H2,1-4H3,(H,16,18);1H. The summed E-state index contributed by atoms with van der Waals surface area (Å²) in [5, 5.41) is 16.7. The van der Waals surface area contributed by atoms with Crippen LogP contribution in [0.1, 0.15) is 31.0 Å². The number of hydrogen-bond acceptors (Lipinski definition) is 4. The molecule has 118 valence electrons. The topological polar surface area (TPSA) is 84.3 Å². The van der Waals surface area contributed by atoms with Gasteiger partial charge in [-0.15, -0.1) is 12.4 Å². The fourth-order valence-corrected chi connectivity index (χ4v) is 1.93. The van der Waals surface area contributed by atoms with Gasteiger partial charge in [-0.05, 0) is 26.5 Å². The molecule has 2 N–H and O–H groups in total. The Labute approximate surface area is 130 Å². The molecule has 1 aromatic carbocycles. The molecule has 0 aromatic heterocycles. The maximum Gasteiger partial charge on any atom is 0.272 e. The second kappa shape index (κ2) is 8.59. The number of aryl methyl sites for hydroxylation is 1. The summed E-state index contributed by atoms with van der Waals surface area (Å²) in [6, 6.07) is 4.76. The lowest BCUT2D eigenvalue weighted by Crippen LogP contribution is -2.35. The van der Waals surface area contributed by atoms with Crippen molar-refractivity contribution in [2.75, 3.05) is 13.6 Å². The summed E-state index contributed by atoms with van der Waals surface area (Å²) in [5.41, 5.74) is 1.42. The lowest BCUT2D eigenvalue weighted by molar-refractivity contribution is -0.385. The second-order valence-electron chi connectivity index (χ2n) is 4.99. The van der Waals surface area contributed by atoms with Crippen LogP contribution in [0.5, 0.6) is 0 Å². The van der Waals surface area contributed by atoms with E-state index >= 15 is 0 Å². The number of amides is 1. The van der Waals surface area contributed by atoms with Crippen molar-refractivity contribution >= 4 is 24.0 Å². The van der Waals surface area contributed by atoms with Crippen molar-refractivity contribution in [3.05, 3.63) is 39.4 Å². The number of rotatable bonds is 6. The molecule has 0 fully saturated rings. The van der Waals surface area contributed by atoms with Gasteiger partial charge in [-0.25, -0.2) is 0 Å². The minimum Gasteiger partial charge on any atom is -0.349 e. The molecular formula is C14H22ClN3O3. The van der Waals surface area contributed by atoms with Gasteiger partial charge in [0.15, 0.2) is 0 Å². The first-order chi connectivity index (χ1) is 9.36. The Hall–Kier alpha value is -1.66. The van der Waals surface area contributed by atoms with Crippen molar-refractivity contribution < 1.29 is 9.72 Å².